The Kier molecular flexibility index (Phi) is 4.63. The summed E-state index contributed by atoms with van der Waals surface area (Å²) in [5.41, 5.74) is 0. The van der Waals surface area contributed by atoms with E-state index in [0.717, 1.165) is 24.4 Å². The average molecular weight is 251 g/mol. The fraction of sp³-hybridized carbons (Fsp3) is 0.733. The summed E-state index contributed by atoms with van der Waals surface area (Å²) in [6, 6.07) is 5.30. The van der Waals surface area contributed by atoms with Crippen molar-refractivity contribution < 1.29 is 0 Å². The molecule has 1 saturated carbocycles. The van der Waals surface area contributed by atoms with Gasteiger partial charge in [-0.1, -0.05) is 27.2 Å². The third-order valence-corrected chi connectivity index (χ3v) is 5.58. The summed E-state index contributed by atoms with van der Waals surface area (Å²) in [7, 11) is 0. The van der Waals surface area contributed by atoms with Crippen molar-refractivity contribution in [3.8, 4) is 0 Å². The molecule has 3 unspecified atom stereocenters. The van der Waals surface area contributed by atoms with Crippen LogP contribution in [0.25, 0.3) is 0 Å². The lowest BCUT2D eigenvalue weighted by atomic mass is 9.93. The first kappa shape index (κ1) is 13.1. The van der Waals surface area contributed by atoms with Gasteiger partial charge >= 0.3 is 0 Å². The Bertz CT molecular complexity index is 344. The number of aryl methyl sites for hydroxylation is 1. The standard InChI is InChI=1S/C15H25NS/c1-4-12-6-9-15(11(12)3)16-10-14-8-7-13(5-2)17-14/h7-8,11-12,15-16H,4-6,9-10H2,1-3H3. The van der Waals surface area contributed by atoms with E-state index in [4.69, 9.17) is 0 Å². The minimum Gasteiger partial charge on any atom is -0.309 e. The first-order valence-electron chi connectivity index (χ1n) is 7.05. The van der Waals surface area contributed by atoms with Crippen molar-refractivity contribution in [3.05, 3.63) is 21.9 Å². The van der Waals surface area contributed by atoms with Crippen LogP contribution in [-0.2, 0) is 13.0 Å². The van der Waals surface area contributed by atoms with Gasteiger partial charge in [-0.25, -0.2) is 0 Å². The minimum absolute atomic E-state index is 0.743. The van der Waals surface area contributed by atoms with Crippen LogP contribution in [0.4, 0.5) is 0 Å². The predicted octanol–water partition coefficient (Wildman–Crippen LogP) is 4.22. The van der Waals surface area contributed by atoms with Gasteiger partial charge < -0.3 is 5.32 Å². The molecule has 1 aromatic rings. The van der Waals surface area contributed by atoms with E-state index in [2.05, 4.69) is 38.2 Å². The van der Waals surface area contributed by atoms with Crippen LogP contribution in [0, 0.1) is 11.8 Å². The van der Waals surface area contributed by atoms with E-state index < -0.39 is 0 Å². The Balaban J connectivity index is 1.82. The molecule has 2 rings (SSSR count). The highest BCUT2D eigenvalue weighted by molar-refractivity contribution is 7.11. The smallest absolute Gasteiger partial charge is 0.0302 e. The largest absolute Gasteiger partial charge is 0.309 e. The molecule has 0 radical (unpaired) electrons. The molecule has 1 nitrogen and oxygen atoms in total. The van der Waals surface area contributed by atoms with Gasteiger partial charge in [0.05, 0.1) is 0 Å². The van der Waals surface area contributed by atoms with Crippen molar-refractivity contribution in [2.24, 2.45) is 11.8 Å². The minimum atomic E-state index is 0.743. The lowest BCUT2D eigenvalue weighted by molar-refractivity contribution is 0.345. The van der Waals surface area contributed by atoms with Crippen molar-refractivity contribution in [1.82, 2.24) is 5.32 Å². The van der Waals surface area contributed by atoms with Crippen LogP contribution in [-0.4, -0.2) is 6.04 Å². The normalized spacial score (nSPS) is 28.8. The van der Waals surface area contributed by atoms with Gasteiger partial charge in [0.2, 0.25) is 0 Å². The number of nitrogens with one attached hydrogen (secondary N) is 1. The maximum Gasteiger partial charge on any atom is 0.0302 e. The van der Waals surface area contributed by atoms with Crippen LogP contribution in [0.1, 0.15) is 49.8 Å². The Morgan fingerprint density at radius 3 is 2.59 bits per heavy atom. The fourth-order valence-corrected chi connectivity index (χ4v) is 3.96. The fourth-order valence-electron chi connectivity index (χ4n) is 3.05. The molecule has 1 fully saturated rings. The zero-order valence-corrected chi connectivity index (χ0v) is 12.1. The molecule has 96 valence electrons. The molecule has 0 spiro atoms. The van der Waals surface area contributed by atoms with Crippen LogP contribution in [0.2, 0.25) is 0 Å². The molecule has 2 heteroatoms. The Labute approximate surface area is 110 Å². The van der Waals surface area contributed by atoms with Crippen molar-refractivity contribution in [1.29, 1.82) is 0 Å². The van der Waals surface area contributed by atoms with Crippen LogP contribution in [0.15, 0.2) is 12.1 Å². The number of thiophene rings is 1. The molecule has 0 amide bonds. The second-order valence-electron chi connectivity index (χ2n) is 5.31. The predicted molar refractivity (Wildman–Crippen MR) is 76.5 cm³/mol. The molecule has 1 heterocycles. The number of hydrogen-bond donors (Lipinski definition) is 1. The lowest BCUT2D eigenvalue weighted by Crippen LogP contribution is -2.31. The third kappa shape index (κ3) is 3.11. The molecule has 0 bridgehead atoms. The van der Waals surface area contributed by atoms with Crippen LogP contribution >= 0.6 is 11.3 Å². The molecule has 3 atom stereocenters. The summed E-state index contributed by atoms with van der Waals surface area (Å²) in [6.45, 7) is 8.05. The molecule has 0 aromatic carbocycles. The van der Waals surface area contributed by atoms with Crippen LogP contribution in [0.5, 0.6) is 0 Å². The molecule has 1 N–H and O–H groups in total. The third-order valence-electron chi connectivity index (χ3n) is 4.36. The molecule has 1 aromatic heterocycles. The number of hydrogen-bond acceptors (Lipinski definition) is 2. The van der Waals surface area contributed by atoms with Crippen LogP contribution < -0.4 is 5.32 Å². The van der Waals surface area contributed by atoms with Gasteiger partial charge in [0.25, 0.3) is 0 Å². The Morgan fingerprint density at radius 2 is 2.00 bits per heavy atom. The van der Waals surface area contributed by atoms with Gasteiger partial charge in [-0.3, -0.25) is 0 Å². The van der Waals surface area contributed by atoms with E-state index in [-0.39, 0.29) is 0 Å². The molecule has 1 aliphatic rings. The van der Waals surface area contributed by atoms with Gasteiger partial charge in [0.15, 0.2) is 0 Å². The zero-order valence-electron chi connectivity index (χ0n) is 11.3. The molecular weight excluding hydrogens is 226 g/mol. The van der Waals surface area contributed by atoms with E-state index in [0.29, 0.717) is 0 Å². The van der Waals surface area contributed by atoms with Crippen molar-refractivity contribution in [2.45, 2.75) is 59.0 Å². The highest BCUT2D eigenvalue weighted by Gasteiger charge is 2.30. The molecular formula is C15H25NS. The average Bonchev–Trinajstić information content (AvgIpc) is 2.93. The second kappa shape index (κ2) is 6.01. The Hall–Kier alpha value is -0.340. The van der Waals surface area contributed by atoms with Crippen molar-refractivity contribution >= 4 is 11.3 Å². The highest BCUT2D eigenvalue weighted by Crippen LogP contribution is 2.34. The molecule has 1 aliphatic carbocycles. The maximum absolute atomic E-state index is 3.76. The molecule has 0 saturated heterocycles. The topological polar surface area (TPSA) is 12.0 Å². The summed E-state index contributed by atoms with van der Waals surface area (Å²) in [5.74, 6) is 1.80. The van der Waals surface area contributed by atoms with Gasteiger partial charge in [0, 0.05) is 22.3 Å². The van der Waals surface area contributed by atoms with Gasteiger partial charge in [-0.2, -0.15) is 0 Å². The monoisotopic (exact) mass is 251 g/mol. The second-order valence-corrected chi connectivity index (χ2v) is 6.57. The van der Waals surface area contributed by atoms with Crippen molar-refractivity contribution in [2.75, 3.05) is 0 Å². The molecule has 17 heavy (non-hydrogen) atoms. The summed E-state index contributed by atoms with van der Waals surface area (Å²) < 4.78 is 0. The van der Waals surface area contributed by atoms with E-state index in [1.54, 1.807) is 0 Å². The van der Waals surface area contributed by atoms with Gasteiger partial charge in [-0.15, -0.1) is 11.3 Å². The first-order chi connectivity index (χ1) is 8.24. The van der Waals surface area contributed by atoms with Gasteiger partial charge in [0.1, 0.15) is 0 Å². The van der Waals surface area contributed by atoms with E-state index in [1.165, 1.54) is 35.4 Å². The summed E-state index contributed by atoms with van der Waals surface area (Å²) >= 11 is 1.96. The van der Waals surface area contributed by atoms with E-state index in [1.807, 2.05) is 11.3 Å². The summed E-state index contributed by atoms with van der Waals surface area (Å²) in [5, 5.41) is 3.76. The maximum atomic E-state index is 3.76. The summed E-state index contributed by atoms with van der Waals surface area (Å²) in [4.78, 5) is 3.00. The molecule has 0 aliphatic heterocycles. The van der Waals surface area contributed by atoms with E-state index >= 15 is 0 Å². The Morgan fingerprint density at radius 1 is 1.24 bits per heavy atom. The van der Waals surface area contributed by atoms with E-state index in [9.17, 15) is 0 Å². The SMILES string of the molecule is CCc1ccc(CNC2CCC(CC)C2C)s1. The summed E-state index contributed by atoms with van der Waals surface area (Å²) in [6.07, 6.45) is 5.30. The lowest BCUT2D eigenvalue weighted by Gasteiger charge is -2.20. The van der Waals surface area contributed by atoms with Gasteiger partial charge in [-0.05, 0) is 43.2 Å². The number of rotatable bonds is 5. The van der Waals surface area contributed by atoms with Crippen LogP contribution in [0.3, 0.4) is 0 Å². The first-order valence-corrected chi connectivity index (χ1v) is 7.87. The quantitative estimate of drug-likeness (QED) is 0.826. The zero-order chi connectivity index (χ0) is 12.3. The highest BCUT2D eigenvalue weighted by atomic mass is 32.1. The van der Waals surface area contributed by atoms with Crippen molar-refractivity contribution in [3.63, 3.8) is 0 Å².